The standard InChI is InChI=1S/C12H23F2NO/c1-3-5-6-7-11(15-4-2)8-9-16-10-12(13)14/h3,11-12,15H,1,4-10H2,2H3. The lowest BCUT2D eigenvalue weighted by Gasteiger charge is -2.17. The molecule has 1 N–H and O–H groups in total. The molecular weight excluding hydrogens is 212 g/mol. The summed E-state index contributed by atoms with van der Waals surface area (Å²) < 4.78 is 28.5. The maximum atomic E-state index is 11.8. The quantitative estimate of drug-likeness (QED) is 0.439. The first-order chi connectivity index (χ1) is 7.70. The average Bonchev–Trinajstić information content (AvgIpc) is 2.24. The number of unbranched alkanes of at least 4 members (excludes halogenated alkanes) is 1. The Labute approximate surface area is 97.1 Å². The molecule has 1 atom stereocenters. The average molecular weight is 235 g/mol. The third-order valence-electron chi connectivity index (χ3n) is 2.31. The van der Waals surface area contributed by atoms with E-state index in [1.165, 1.54) is 0 Å². The fraction of sp³-hybridized carbons (Fsp3) is 0.833. The monoisotopic (exact) mass is 235 g/mol. The maximum absolute atomic E-state index is 11.8. The zero-order valence-corrected chi connectivity index (χ0v) is 10.1. The molecular formula is C12H23F2NO. The van der Waals surface area contributed by atoms with Crippen LogP contribution in [0.2, 0.25) is 0 Å². The van der Waals surface area contributed by atoms with Crippen molar-refractivity contribution in [3.8, 4) is 0 Å². The zero-order chi connectivity index (χ0) is 12.2. The molecule has 0 aliphatic rings. The molecule has 16 heavy (non-hydrogen) atoms. The Bertz CT molecular complexity index is 165. The van der Waals surface area contributed by atoms with Crippen molar-refractivity contribution in [3.63, 3.8) is 0 Å². The minimum atomic E-state index is -2.36. The van der Waals surface area contributed by atoms with Crippen molar-refractivity contribution in [2.45, 2.75) is 45.1 Å². The molecule has 0 rings (SSSR count). The van der Waals surface area contributed by atoms with Gasteiger partial charge < -0.3 is 10.1 Å². The van der Waals surface area contributed by atoms with E-state index < -0.39 is 13.0 Å². The van der Waals surface area contributed by atoms with Gasteiger partial charge in [0.2, 0.25) is 0 Å². The fourth-order valence-corrected chi connectivity index (χ4v) is 1.54. The molecule has 0 spiro atoms. The predicted octanol–water partition coefficient (Wildman–Crippen LogP) is 2.99. The van der Waals surface area contributed by atoms with Gasteiger partial charge in [-0.25, -0.2) is 8.78 Å². The number of ether oxygens (including phenoxy) is 1. The summed E-state index contributed by atoms with van der Waals surface area (Å²) in [6, 6.07) is 0.364. The van der Waals surface area contributed by atoms with Gasteiger partial charge in [-0.3, -0.25) is 0 Å². The molecule has 0 heterocycles. The van der Waals surface area contributed by atoms with Crippen molar-refractivity contribution in [3.05, 3.63) is 12.7 Å². The molecule has 4 heteroatoms. The molecule has 0 aromatic heterocycles. The van der Waals surface area contributed by atoms with Gasteiger partial charge in [-0.1, -0.05) is 13.0 Å². The lowest BCUT2D eigenvalue weighted by atomic mass is 10.1. The lowest BCUT2D eigenvalue weighted by Crippen LogP contribution is -2.30. The van der Waals surface area contributed by atoms with E-state index in [1.54, 1.807) is 0 Å². The maximum Gasteiger partial charge on any atom is 0.261 e. The Hall–Kier alpha value is -0.480. The molecule has 0 aromatic carbocycles. The number of halogens is 2. The summed E-state index contributed by atoms with van der Waals surface area (Å²) in [5, 5.41) is 3.33. The Morgan fingerprint density at radius 3 is 2.69 bits per heavy atom. The Morgan fingerprint density at radius 1 is 1.38 bits per heavy atom. The van der Waals surface area contributed by atoms with Crippen molar-refractivity contribution in [2.75, 3.05) is 19.8 Å². The van der Waals surface area contributed by atoms with E-state index in [0.29, 0.717) is 12.6 Å². The molecule has 2 nitrogen and oxygen atoms in total. The van der Waals surface area contributed by atoms with Crippen molar-refractivity contribution in [1.29, 1.82) is 0 Å². The van der Waals surface area contributed by atoms with Crippen molar-refractivity contribution in [1.82, 2.24) is 5.32 Å². The fourth-order valence-electron chi connectivity index (χ4n) is 1.54. The summed E-state index contributed by atoms with van der Waals surface area (Å²) in [4.78, 5) is 0. The molecule has 0 aliphatic carbocycles. The second-order valence-corrected chi connectivity index (χ2v) is 3.73. The van der Waals surface area contributed by atoms with Gasteiger partial charge in [-0.05, 0) is 32.2 Å². The molecule has 0 fully saturated rings. The topological polar surface area (TPSA) is 21.3 Å². The molecule has 0 aromatic rings. The van der Waals surface area contributed by atoms with Gasteiger partial charge in [0.1, 0.15) is 6.61 Å². The van der Waals surface area contributed by atoms with Crippen molar-refractivity contribution in [2.24, 2.45) is 0 Å². The number of nitrogens with one attached hydrogen (secondary N) is 1. The normalized spacial score (nSPS) is 13.0. The van der Waals surface area contributed by atoms with Crippen LogP contribution in [0.4, 0.5) is 8.78 Å². The smallest absolute Gasteiger partial charge is 0.261 e. The number of hydrogen-bond acceptors (Lipinski definition) is 2. The van der Waals surface area contributed by atoms with Gasteiger partial charge in [0.25, 0.3) is 6.43 Å². The molecule has 0 amide bonds. The van der Waals surface area contributed by atoms with Gasteiger partial charge in [0.15, 0.2) is 0 Å². The largest absolute Gasteiger partial charge is 0.375 e. The van der Waals surface area contributed by atoms with E-state index in [1.807, 2.05) is 13.0 Å². The number of alkyl halides is 2. The highest BCUT2D eigenvalue weighted by molar-refractivity contribution is 4.71. The molecule has 0 saturated heterocycles. The summed E-state index contributed by atoms with van der Waals surface area (Å²) >= 11 is 0. The molecule has 0 radical (unpaired) electrons. The van der Waals surface area contributed by atoms with E-state index in [4.69, 9.17) is 4.74 Å². The molecule has 1 unspecified atom stereocenters. The van der Waals surface area contributed by atoms with E-state index >= 15 is 0 Å². The number of hydrogen-bond donors (Lipinski definition) is 1. The summed E-state index contributed by atoms with van der Waals surface area (Å²) in [6.45, 7) is 6.55. The van der Waals surface area contributed by atoms with Crippen LogP contribution in [0.1, 0.15) is 32.6 Å². The molecule has 0 saturated carbocycles. The third kappa shape index (κ3) is 10.1. The van der Waals surface area contributed by atoms with E-state index in [-0.39, 0.29) is 0 Å². The van der Waals surface area contributed by atoms with Crippen LogP contribution in [0.25, 0.3) is 0 Å². The second-order valence-electron chi connectivity index (χ2n) is 3.73. The Balaban J connectivity index is 3.54. The van der Waals surface area contributed by atoms with Gasteiger partial charge in [0.05, 0.1) is 0 Å². The van der Waals surface area contributed by atoms with Crippen LogP contribution < -0.4 is 5.32 Å². The lowest BCUT2D eigenvalue weighted by molar-refractivity contribution is 0.0142. The minimum Gasteiger partial charge on any atom is -0.375 e. The first-order valence-electron chi connectivity index (χ1n) is 5.90. The predicted molar refractivity (Wildman–Crippen MR) is 63.0 cm³/mol. The van der Waals surface area contributed by atoms with Gasteiger partial charge in [-0.2, -0.15) is 0 Å². The summed E-state index contributed by atoms with van der Waals surface area (Å²) in [5.74, 6) is 0. The Morgan fingerprint density at radius 2 is 2.12 bits per heavy atom. The minimum absolute atomic E-state index is 0.364. The highest BCUT2D eigenvalue weighted by atomic mass is 19.3. The third-order valence-corrected chi connectivity index (χ3v) is 2.31. The van der Waals surface area contributed by atoms with E-state index in [2.05, 4.69) is 11.9 Å². The highest BCUT2D eigenvalue weighted by Gasteiger charge is 2.07. The summed E-state index contributed by atoms with van der Waals surface area (Å²) in [6.07, 6.45) is 3.44. The zero-order valence-electron chi connectivity index (χ0n) is 10.1. The SMILES string of the molecule is C=CCCCC(CCOCC(F)F)NCC. The van der Waals surface area contributed by atoms with Crippen molar-refractivity contribution < 1.29 is 13.5 Å². The van der Waals surface area contributed by atoms with Crippen LogP contribution in [0.15, 0.2) is 12.7 Å². The van der Waals surface area contributed by atoms with Crippen LogP contribution in [0, 0.1) is 0 Å². The number of rotatable bonds is 11. The van der Waals surface area contributed by atoms with Crippen LogP contribution in [0.3, 0.4) is 0 Å². The van der Waals surface area contributed by atoms with E-state index in [9.17, 15) is 8.78 Å². The van der Waals surface area contributed by atoms with Gasteiger partial charge >= 0.3 is 0 Å². The van der Waals surface area contributed by atoms with Crippen LogP contribution >= 0.6 is 0 Å². The number of allylic oxidation sites excluding steroid dienone is 1. The second kappa shape index (κ2) is 11.0. The van der Waals surface area contributed by atoms with Gasteiger partial charge in [0, 0.05) is 12.6 Å². The first-order valence-corrected chi connectivity index (χ1v) is 5.90. The highest BCUT2D eigenvalue weighted by Crippen LogP contribution is 2.06. The van der Waals surface area contributed by atoms with Crippen LogP contribution in [-0.4, -0.2) is 32.2 Å². The molecule has 96 valence electrons. The Kier molecular flexibility index (Phi) is 10.7. The van der Waals surface area contributed by atoms with Crippen LogP contribution in [-0.2, 0) is 4.74 Å². The molecule has 0 aliphatic heterocycles. The summed E-state index contributed by atoms with van der Waals surface area (Å²) in [7, 11) is 0. The molecule has 0 bridgehead atoms. The van der Waals surface area contributed by atoms with E-state index in [0.717, 1.165) is 32.2 Å². The first kappa shape index (κ1) is 15.5. The summed E-state index contributed by atoms with van der Waals surface area (Å²) in [5.41, 5.74) is 0. The van der Waals surface area contributed by atoms with Gasteiger partial charge in [-0.15, -0.1) is 6.58 Å². The van der Waals surface area contributed by atoms with Crippen molar-refractivity contribution >= 4 is 0 Å². The van der Waals surface area contributed by atoms with Crippen LogP contribution in [0.5, 0.6) is 0 Å².